The van der Waals surface area contributed by atoms with E-state index >= 15 is 0 Å². The van der Waals surface area contributed by atoms with Gasteiger partial charge in [0.05, 0.1) is 31.1 Å². The molecule has 1 unspecified atom stereocenters. The van der Waals surface area contributed by atoms with Crippen LogP contribution in [0, 0.1) is 5.82 Å². The molecule has 1 N–H and O–H groups in total. The van der Waals surface area contributed by atoms with Crippen LogP contribution in [-0.2, 0) is 24.9 Å². The molecule has 0 fully saturated rings. The molecule has 184 valence electrons. The third kappa shape index (κ3) is 6.57. The first-order valence-electron chi connectivity index (χ1n) is 11.6. The van der Waals surface area contributed by atoms with Crippen LogP contribution in [0.2, 0.25) is 0 Å². The summed E-state index contributed by atoms with van der Waals surface area (Å²) in [6.07, 6.45) is 0.941. The Morgan fingerprint density at radius 2 is 1.91 bits per heavy atom. The van der Waals surface area contributed by atoms with Gasteiger partial charge in [-0.25, -0.2) is 9.07 Å². The molecule has 0 aliphatic heterocycles. The van der Waals surface area contributed by atoms with Crippen molar-refractivity contribution in [3.8, 4) is 22.9 Å². The highest BCUT2D eigenvalue weighted by molar-refractivity contribution is 5.65. The van der Waals surface area contributed by atoms with Crippen molar-refractivity contribution in [1.29, 1.82) is 0 Å². The highest BCUT2D eigenvalue weighted by Crippen LogP contribution is 2.34. The van der Waals surface area contributed by atoms with E-state index in [2.05, 4.69) is 4.90 Å². The zero-order chi connectivity index (χ0) is 24.6. The number of aliphatic hydroxyl groups is 1. The van der Waals surface area contributed by atoms with Gasteiger partial charge in [-0.2, -0.15) is 5.10 Å². The Hall–Kier alpha value is -3.46. The monoisotopic (exact) mass is 479 g/mol. The number of rotatable bonds is 12. The minimum Gasteiger partial charge on any atom is -0.468 e. The number of hydrogen-bond donors (Lipinski definition) is 1. The zero-order valence-electron chi connectivity index (χ0n) is 19.9. The second kappa shape index (κ2) is 11.8. The summed E-state index contributed by atoms with van der Waals surface area (Å²) in [7, 11) is 1.80. The predicted octanol–water partition coefficient (Wildman–Crippen LogP) is 5.01. The van der Waals surface area contributed by atoms with Gasteiger partial charge in [0.2, 0.25) is 5.88 Å². The first-order valence-corrected chi connectivity index (χ1v) is 11.6. The molecule has 0 radical (unpaired) electrons. The van der Waals surface area contributed by atoms with Crippen LogP contribution in [-0.4, -0.2) is 45.6 Å². The summed E-state index contributed by atoms with van der Waals surface area (Å²) < 4.78 is 32.6. The summed E-state index contributed by atoms with van der Waals surface area (Å²) in [6.45, 7) is 3.89. The van der Waals surface area contributed by atoms with Crippen molar-refractivity contribution in [1.82, 2.24) is 14.7 Å². The van der Waals surface area contributed by atoms with Gasteiger partial charge in [0, 0.05) is 38.4 Å². The number of halogens is 1. The quantitative estimate of drug-likeness (QED) is 0.308. The topological polar surface area (TPSA) is 72.9 Å². The third-order valence-corrected chi connectivity index (χ3v) is 5.47. The first-order chi connectivity index (χ1) is 17.0. The van der Waals surface area contributed by atoms with Crippen molar-refractivity contribution in [2.45, 2.75) is 26.1 Å². The summed E-state index contributed by atoms with van der Waals surface area (Å²) in [4.78, 5) is 2.06. The molecule has 0 saturated carbocycles. The number of benzene rings is 2. The molecule has 7 nitrogen and oxygen atoms in total. The van der Waals surface area contributed by atoms with Crippen LogP contribution in [0.3, 0.4) is 0 Å². The van der Waals surface area contributed by atoms with E-state index < -0.39 is 6.10 Å². The maximum atomic E-state index is 13.8. The highest BCUT2D eigenvalue weighted by atomic mass is 19.1. The Balaban J connectivity index is 1.70. The number of aliphatic hydroxyl groups excluding tert-OH is 1. The summed E-state index contributed by atoms with van der Waals surface area (Å²) >= 11 is 0. The average Bonchev–Trinajstić information content (AvgIpc) is 3.47. The minimum absolute atomic E-state index is 0.233. The molecule has 4 aromatic rings. The van der Waals surface area contributed by atoms with Crippen molar-refractivity contribution in [3.05, 3.63) is 90.1 Å². The van der Waals surface area contributed by atoms with Crippen LogP contribution in [0.15, 0.2) is 77.4 Å². The Bertz CT molecular complexity index is 1190. The van der Waals surface area contributed by atoms with E-state index in [-0.39, 0.29) is 12.4 Å². The summed E-state index contributed by atoms with van der Waals surface area (Å²) in [5.41, 5.74) is 2.50. The van der Waals surface area contributed by atoms with E-state index in [1.54, 1.807) is 30.1 Å². The van der Waals surface area contributed by atoms with Gasteiger partial charge in [0.15, 0.2) is 0 Å². The van der Waals surface area contributed by atoms with E-state index in [1.165, 1.54) is 12.1 Å². The summed E-state index contributed by atoms with van der Waals surface area (Å²) in [5, 5.41) is 15.3. The molecule has 0 aliphatic carbocycles. The number of furan rings is 1. The molecule has 0 spiro atoms. The zero-order valence-corrected chi connectivity index (χ0v) is 19.9. The third-order valence-electron chi connectivity index (χ3n) is 5.47. The first kappa shape index (κ1) is 24.7. The van der Waals surface area contributed by atoms with Crippen molar-refractivity contribution >= 4 is 0 Å². The molecular weight excluding hydrogens is 449 g/mol. The van der Waals surface area contributed by atoms with Crippen molar-refractivity contribution in [2.75, 3.05) is 19.8 Å². The molecule has 0 amide bonds. The Morgan fingerprint density at radius 1 is 1.09 bits per heavy atom. The number of ether oxygens (including phenoxy) is 2. The van der Waals surface area contributed by atoms with E-state index in [0.29, 0.717) is 37.9 Å². The molecule has 1 atom stereocenters. The molecule has 4 rings (SSSR count). The maximum Gasteiger partial charge on any atom is 0.222 e. The number of hydrogen-bond acceptors (Lipinski definition) is 6. The molecular formula is C27H30FN3O4. The molecule has 0 saturated heterocycles. The fourth-order valence-corrected chi connectivity index (χ4v) is 3.93. The molecule has 2 aromatic carbocycles. The minimum atomic E-state index is -0.686. The molecule has 8 heteroatoms. The van der Waals surface area contributed by atoms with E-state index in [4.69, 9.17) is 19.0 Å². The van der Waals surface area contributed by atoms with Gasteiger partial charge in [0.25, 0.3) is 0 Å². The lowest BCUT2D eigenvalue weighted by atomic mass is 10.1. The summed E-state index contributed by atoms with van der Waals surface area (Å²) in [5.74, 6) is 1.26. The second-order valence-corrected chi connectivity index (χ2v) is 8.24. The van der Waals surface area contributed by atoms with Gasteiger partial charge in [0.1, 0.15) is 23.0 Å². The number of nitrogens with zero attached hydrogens (tertiary/aromatic N) is 3. The van der Waals surface area contributed by atoms with Crippen LogP contribution in [0.5, 0.6) is 11.6 Å². The van der Waals surface area contributed by atoms with E-state index in [0.717, 1.165) is 22.6 Å². The van der Waals surface area contributed by atoms with Crippen LogP contribution in [0.1, 0.15) is 18.2 Å². The average molecular weight is 480 g/mol. The van der Waals surface area contributed by atoms with E-state index in [1.807, 2.05) is 49.4 Å². The Labute approximate surface area is 204 Å². The maximum absolute atomic E-state index is 13.8. The lowest BCUT2D eigenvalue weighted by molar-refractivity contribution is 0.0167. The fourth-order valence-electron chi connectivity index (χ4n) is 3.93. The van der Waals surface area contributed by atoms with Crippen molar-refractivity contribution in [3.63, 3.8) is 0 Å². The van der Waals surface area contributed by atoms with Gasteiger partial charge in [-0.1, -0.05) is 36.4 Å². The van der Waals surface area contributed by atoms with Crippen LogP contribution in [0.4, 0.5) is 4.39 Å². The molecule has 2 heterocycles. The fraction of sp³-hybridized carbons (Fsp3) is 0.296. The predicted molar refractivity (Wildman–Crippen MR) is 130 cm³/mol. The van der Waals surface area contributed by atoms with Crippen molar-refractivity contribution in [2.24, 2.45) is 7.05 Å². The van der Waals surface area contributed by atoms with Gasteiger partial charge in [-0.3, -0.25) is 4.90 Å². The van der Waals surface area contributed by atoms with Crippen LogP contribution < -0.4 is 4.74 Å². The molecule has 35 heavy (non-hydrogen) atoms. The lowest BCUT2D eigenvalue weighted by Crippen LogP contribution is -2.34. The van der Waals surface area contributed by atoms with Crippen LogP contribution in [0.25, 0.3) is 11.3 Å². The highest BCUT2D eigenvalue weighted by Gasteiger charge is 2.24. The summed E-state index contributed by atoms with van der Waals surface area (Å²) in [6, 6.07) is 19.6. The Kier molecular flexibility index (Phi) is 8.31. The van der Waals surface area contributed by atoms with Gasteiger partial charge >= 0.3 is 0 Å². The van der Waals surface area contributed by atoms with Gasteiger partial charge in [-0.05, 0) is 31.2 Å². The smallest absolute Gasteiger partial charge is 0.222 e. The standard InChI is InChI=1S/C27H30FN3O4/c1-3-33-19-22(32)16-31(17-24-13-8-14-34-24)18-25-26(20-9-5-4-6-10-20)29-30(2)27(25)35-23-12-7-11-21(28)15-23/h4-15,22,32H,3,16-19H2,1-2H3. The van der Waals surface area contributed by atoms with Crippen molar-refractivity contribution < 1.29 is 23.4 Å². The number of aromatic nitrogens is 2. The normalized spacial score (nSPS) is 12.3. The largest absolute Gasteiger partial charge is 0.468 e. The van der Waals surface area contributed by atoms with Gasteiger partial charge in [-0.15, -0.1) is 0 Å². The lowest BCUT2D eigenvalue weighted by Gasteiger charge is -2.24. The molecule has 0 aliphatic rings. The van der Waals surface area contributed by atoms with E-state index in [9.17, 15) is 9.50 Å². The second-order valence-electron chi connectivity index (χ2n) is 8.24. The van der Waals surface area contributed by atoms with Crippen LogP contribution >= 0.6 is 0 Å². The molecule has 2 aromatic heterocycles. The SMILES string of the molecule is CCOCC(O)CN(Cc1ccco1)Cc1c(-c2ccccc2)nn(C)c1Oc1cccc(F)c1. The number of aryl methyl sites for hydroxylation is 1. The molecule has 0 bridgehead atoms. The van der Waals surface area contributed by atoms with Gasteiger partial charge < -0.3 is 19.0 Å². The Morgan fingerprint density at radius 3 is 2.63 bits per heavy atom.